The fraction of sp³-hybridized carbons (Fsp3) is 0.235. The van der Waals surface area contributed by atoms with Crippen molar-refractivity contribution in [2.75, 3.05) is 14.2 Å². The molecule has 8 heteroatoms. The van der Waals surface area contributed by atoms with Crippen LogP contribution in [0, 0.1) is 4.84 Å². The molecule has 2 heterocycles. The molecule has 0 aliphatic carbocycles. The van der Waals surface area contributed by atoms with Crippen molar-refractivity contribution in [1.82, 2.24) is 14.8 Å². The Bertz CT molecular complexity index is 911. The van der Waals surface area contributed by atoms with E-state index in [4.69, 9.17) is 33.0 Å². The number of methoxy groups -OCH3 is 1. The zero-order valence-corrected chi connectivity index (χ0v) is 15.5. The second-order valence-corrected chi connectivity index (χ2v) is 6.45. The summed E-state index contributed by atoms with van der Waals surface area (Å²) in [6.07, 6.45) is 3.39. The van der Waals surface area contributed by atoms with Gasteiger partial charge in [0.2, 0.25) is 5.89 Å². The van der Waals surface area contributed by atoms with E-state index in [-0.39, 0.29) is 0 Å². The third kappa shape index (κ3) is 4.25. The lowest BCUT2D eigenvalue weighted by Gasteiger charge is -2.15. The molecule has 1 aromatic carbocycles. The molecule has 3 rings (SSSR count). The standard InChI is InChI=1S/C17H17ClN4O2S/c1-21(10-13-8-14(18)5-6-15(13)23-2)11-22-17(25)24-16(20-22)12-4-3-7-19-9-12/h3-9H,10-11H2,1-2H3/p+1. The highest BCUT2D eigenvalue weighted by atomic mass is 35.5. The zero-order chi connectivity index (χ0) is 17.8. The molecular weight excluding hydrogens is 360 g/mol. The summed E-state index contributed by atoms with van der Waals surface area (Å²) in [5.74, 6) is 1.27. The van der Waals surface area contributed by atoms with Crippen LogP contribution in [0.15, 0.2) is 47.1 Å². The third-order valence-corrected chi connectivity index (χ3v) is 4.20. The Morgan fingerprint density at radius 3 is 2.92 bits per heavy atom. The number of hydrogen-bond donors (Lipinski definition) is 1. The first kappa shape index (κ1) is 17.6. The molecule has 0 saturated carbocycles. The Kier molecular flexibility index (Phi) is 5.47. The molecule has 0 aliphatic rings. The van der Waals surface area contributed by atoms with E-state index in [1.165, 1.54) is 0 Å². The van der Waals surface area contributed by atoms with Gasteiger partial charge in [-0.05, 0) is 42.5 Å². The van der Waals surface area contributed by atoms with Gasteiger partial charge >= 0.3 is 0 Å². The number of quaternary nitrogens is 1. The molecule has 0 amide bonds. The average Bonchev–Trinajstić information content (AvgIpc) is 2.96. The van der Waals surface area contributed by atoms with Crippen molar-refractivity contribution >= 4 is 23.8 Å². The predicted octanol–water partition coefficient (Wildman–Crippen LogP) is 2.60. The van der Waals surface area contributed by atoms with Crippen molar-refractivity contribution in [1.29, 1.82) is 0 Å². The molecule has 0 bridgehead atoms. The smallest absolute Gasteiger partial charge is 0.292 e. The number of rotatable bonds is 6. The van der Waals surface area contributed by atoms with Crippen molar-refractivity contribution < 1.29 is 14.1 Å². The Hall–Kier alpha value is -2.22. The Morgan fingerprint density at radius 2 is 2.20 bits per heavy atom. The minimum atomic E-state index is 0.330. The van der Waals surface area contributed by atoms with Gasteiger partial charge in [0, 0.05) is 23.0 Å². The van der Waals surface area contributed by atoms with E-state index in [0.29, 0.717) is 29.0 Å². The van der Waals surface area contributed by atoms with Crippen molar-refractivity contribution in [3.8, 4) is 17.2 Å². The van der Waals surface area contributed by atoms with Crippen LogP contribution in [-0.2, 0) is 13.2 Å². The summed E-state index contributed by atoms with van der Waals surface area (Å²) >= 11 is 11.4. The maximum Gasteiger partial charge on any atom is 0.292 e. The number of ether oxygens (including phenoxy) is 1. The van der Waals surface area contributed by atoms with Crippen LogP contribution in [-0.4, -0.2) is 28.9 Å². The summed E-state index contributed by atoms with van der Waals surface area (Å²) in [4.78, 5) is 5.55. The van der Waals surface area contributed by atoms with E-state index < -0.39 is 0 Å². The lowest BCUT2D eigenvalue weighted by atomic mass is 10.2. The quantitative estimate of drug-likeness (QED) is 0.669. The van der Waals surface area contributed by atoms with Gasteiger partial charge in [0.1, 0.15) is 12.3 Å². The van der Waals surface area contributed by atoms with Crippen molar-refractivity contribution in [2.24, 2.45) is 0 Å². The van der Waals surface area contributed by atoms with Crippen molar-refractivity contribution in [2.45, 2.75) is 13.2 Å². The van der Waals surface area contributed by atoms with E-state index in [1.807, 2.05) is 37.4 Å². The van der Waals surface area contributed by atoms with Gasteiger partial charge in [0.05, 0.1) is 19.7 Å². The van der Waals surface area contributed by atoms with Crippen LogP contribution in [0.5, 0.6) is 5.75 Å². The maximum atomic E-state index is 6.09. The van der Waals surface area contributed by atoms with Gasteiger partial charge < -0.3 is 14.1 Å². The molecule has 0 aliphatic heterocycles. The molecule has 0 spiro atoms. The molecule has 25 heavy (non-hydrogen) atoms. The number of nitrogens with one attached hydrogen (secondary N) is 1. The van der Waals surface area contributed by atoms with Crippen LogP contribution in [0.1, 0.15) is 5.56 Å². The van der Waals surface area contributed by atoms with Crippen LogP contribution < -0.4 is 9.64 Å². The third-order valence-electron chi connectivity index (χ3n) is 3.67. The first-order chi connectivity index (χ1) is 12.1. The van der Waals surface area contributed by atoms with E-state index >= 15 is 0 Å². The van der Waals surface area contributed by atoms with Gasteiger partial charge in [-0.25, -0.2) is 0 Å². The number of halogens is 1. The normalized spacial score (nSPS) is 12.1. The Morgan fingerprint density at radius 1 is 1.36 bits per heavy atom. The fourth-order valence-electron chi connectivity index (χ4n) is 2.53. The van der Waals surface area contributed by atoms with Gasteiger partial charge in [-0.15, -0.1) is 5.10 Å². The number of pyridine rings is 1. The molecule has 0 radical (unpaired) electrons. The number of hydrogen-bond acceptors (Lipinski definition) is 5. The van der Waals surface area contributed by atoms with Gasteiger partial charge in [-0.1, -0.05) is 11.6 Å². The van der Waals surface area contributed by atoms with Crippen LogP contribution in [0.4, 0.5) is 0 Å². The number of nitrogens with zero attached hydrogens (tertiary/aromatic N) is 3. The minimum absolute atomic E-state index is 0.330. The van der Waals surface area contributed by atoms with Crippen molar-refractivity contribution in [3.63, 3.8) is 0 Å². The van der Waals surface area contributed by atoms with E-state index in [9.17, 15) is 0 Å². The summed E-state index contributed by atoms with van der Waals surface area (Å²) in [5, 5.41) is 5.13. The molecule has 6 nitrogen and oxygen atoms in total. The largest absolute Gasteiger partial charge is 0.496 e. The summed E-state index contributed by atoms with van der Waals surface area (Å²) in [7, 11) is 3.69. The SMILES string of the molecule is COc1ccc(Cl)cc1C[NH+](C)Cn1nc(-c2cccnc2)oc1=S. The Labute approximate surface area is 155 Å². The second-order valence-electron chi connectivity index (χ2n) is 5.66. The van der Waals surface area contributed by atoms with Crippen LogP contribution in [0.2, 0.25) is 5.02 Å². The fourth-order valence-corrected chi connectivity index (χ4v) is 2.91. The molecular formula is C17H18ClN4O2S+. The van der Waals surface area contributed by atoms with E-state index in [2.05, 4.69) is 10.1 Å². The highest BCUT2D eigenvalue weighted by Crippen LogP contribution is 2.21. The van der Waals surface area contributed by atoms with Crippen LogP contribution >= 0.6 is 23.8 Å². The molecule has 1 N–H and O–H groups in total. The summed E-state index contributed by atoms with van der Waals surface area (Å²) in [5.41, 5.74) is 1.82. The molecule has 0 saturated heterocycles. The highest BCUT2D eigenvalue weighted by molar-refractivity contribution is 7.71. The van der Waals surface area contributed by atoms with E-state index in [1.54, 1.807) is 24.2 Å². The van der Waals surface area contributed by atoms with Gasteiger partial charge in [0.15, 0.2) is 6.67 Å². The molecule has 0 fully saturated rings. The maximum absolute atomic E-state index is 6.09. The lowest BCUT2D eigenvalue weighted by molar-refractivity contribution is -0.917. The van der Waals surface area contributed by atoms with Crippen LogP contribution in [0.25, 0.3) is 11.5 Å². The minimum Gasteiger partial charge on any atom is -0.496 e. The summed E-state index contributed by atoms with van der Waals surface area (Å²) < 4.78 is 12.7. The molecule has 1 unspecified atom stereocenters. The molecule has 2 aromatic heterocycles. The topological polar surface area (TPSA) is 57.5 Å². The Balaban J connectivity index is 1.76. The molecule has 1 atom stereocenters. The zero-order valence-electron chi connectivity index (χ0n) is 13.9. The van der Waals surface area contributed by atoms with Crippen LogP contribution in [0.3, 0.4) is 0 Å². The monoisotopic (exact) mass is 377 g/mol. The number of aromatic nitrogens is 3. The van der Waals surface area contributed by atoms with Gasteiger partial charge in [-0.2, -0.15) is 4.68 Å². The van der Waals surface area contributed by atoms with E-state index in [0.717, 1.165) is 21.8 Å². The van der Waals surface area contributed by atoms with Crippen molar-refractivity contribution in [3.05, 3.63) is 58.1 Å². The average molecular weight is 378 g/mol. The summed E-state index contributed by atoms with van der Waals surface area (Å²) in [6.45, 7) is 1.26. The molecule has 3 aromatic rings. The lowest BCUT2D eigenvalue weighted by Crippen LogP contribution is -3.07. The second kappa shape index (κ2) is 7.77. The first-order valence-electron chi connectivity index (χ1n) is 7.69. The first-order valence-corrected chi connectivity index (χ1v) is 8.47. The predicted molar refractivity (Wildman–Crippen MR) is 97.2 cm³/mol. The molecule has 130 valence electrons. The summed E-state index contributed by atoms with van der Waals surface area (Å²) in [6, 6.07) is 9.30. The van der Waals surface area contributed by atoms with Gasteiger partial charge in [-0.3, -0.25) is 4.98 Å². The highest BCUT2D eigenvalue weighted by Gasteiger charge is 2.14. The number of benzene rings is 1. The van der Waals surface area contributed by atoms with Gasteiger partial charge in [0.25, 0.3) is 4.84 Å².